The van der Waals surface area contributed by atoms with Gasteiger partial charge in [-0.2, -0.15) is 5.10 Å². The minimum atomic E-state index is -0.405. The number of thiazole rings is 1. The van der Waals surface area contributed by atoms with Crippen LogP contribution in [0.3, 0.4) is 0 Å². The number of carbonyl (C=O) groups is 1. The second kappa shape index (κ2) is 9.47. The van der Waals surface area contributed by atoms with E-state index in [1.54, 1.807) is 36.5 Å². The van der Waals surface area contributed by atoms with Crippen LogP contribution in [0.25, 0.3) is 11.3 Å². The van der Waals surface area contributed by atoms with Crippen molar-refractivity contribution in [1.82, 2.24) is 4.98 Å². The van der Waals surface area contributed by atoms with Crippen LogP contribution in [-0.4, -0.2) is 17.2 Å². The van der Waals surface area contributed by atoms with Crippen LogP contribution >= 0.6 is 27.3 Å². The van der Waals surface area contributed by atoms with Crippen molar-refractivity contribution in [2.75, 3.05) is 5.43 Å². The van der Waals surface area contributed by atoms with Gasteiger partial charge >= 0.3 is 5.97 Å². The zero-order valence-corrected chi connectivity index (χ0v) is 18.1. The number of benzene rings is 3. The van der Waals surface area contributed by atoms with Crippen LogP contribution in [0.1, 0.15) is 15.9 Å². The largest absolute Gasteiger partial charge is 0.423 e. The molecule has 0 saturated heterocycles. The molecule has 0 aliphatic rings. The van der Waals surface area contributed by atoms with Gasteiger partial charge < -0.3 is 4.74 Å². The fraction of sp³-hybridized carbons (Fsp3) is 0. The zero-order chi connectivity index (χ0) is 20.8. The summed E-state index contributed by atoms with van der Waals surface area (Å²) in [5, 5.41) is 6.93. The number of nitrogens with one attached hydrogen (secondary N) is 1. The summed E-state index contributed by atoms with van der Waals surface area (Å²) in [5.41, 5.74) is 6.27. The Hall–Kier alpha value is -3.29. The molecule has 7 heteroatoms. The number of rotatable bonds is 6. The average molecular weight is 478 g/mol. The van der Waals surface area contributed by atoms with Crippen LogP contribution in [0.4, 0.5) is 5.13 Å². The van der Waals surface area contributed by atoms with E-state index in [1.165, 1.54) is 11.3 Å². The Labute approximate surface area is 186 Å². The maximum Gasteiger partial charge on any atom is 0.343 e. The molecule has 0 fully saturated rings. The van der Waals surface area contributed by atoms with Crippen LogP contribution in [0, 0.1) is 0 Å². The lowest BCUT2D eigenvalue weighted by atomic mass is 10.2. The number of esters is 1. The molecule has 0 aliphatic heterocycles. The molecule has 4 aromatic rings. The van der Waals surface area contributed by atoms with Crippen LogP contribution in [-0.2, 0) is 0 Å². The van der Waals surface area contributed by atoms with E-state index in [4.69, 9.17) is 4.74 Å². The molecule has 1 heterocycles. The monoisotopic (exact) mass is 477 g/mol. The second-order valence-electron chi connectivity index (χ2n) is 6.24. The summed E-state index contributed by atoms with van der Waals surface area (Å²) in [5.74, 6) is 0.0647. The molecule has 4 rings (SSSR count). The van der Waals surface area contributed by atoms with Crippen LogP contribution < -0.4 is 10.2 Å². The quantitative estimate of drug-likeness (QED) is 0.154. The van der Waals surface area contributed by atoms with Crippen molar-refractivity contribution in [2.24, 2.45) is 5.10 Å². The summed E-state index contributed by atoms with van der Waals surface area (Å²) < 4.78 is 6.23. The molecular formula is C23H16BrN3O2S. The summed E-state index contributed by atoms with van der Waals surface area (Å²) in [6.45, 7) is 0. The van der Waals surface area contributed by atoms with Crippen LogP contribution in [0.5, 0.6) is 5.75 Å². The Morgan fingerprint density at radius 3 is 2.60 bits per heavy atom. The Bertz CT molecular complexity index is 1170. The number of hydrogen-bond acceptors (Lipinski definition) is 6. The van der Waals surface area contributed by atoms with Gasteiger partial charge in [-0.15, -0.1) is 11.3 Å². The van der Waals surface area contributed by atoms with Crippen molar-refractivity contribution < 1.29 is 9.53 Å². The lowest BCUT2D eigenvalue weighted by Gasteiger charge is -2.05. The van der Waals surface area contributed by atoms with Gasteiger partial charge in [-0.05, 0) is 48.0 Å². The molecule has 0 atom stereocenters. The maximum absolute atomic E-state index is 12.2. The van der Waals surface area contributed by atoms with E-state index in [1.807, 2.05) is 53.9 Å². The fourth-order valence-electron chi connectivity index (χ4n) is 2.63. The second-order valence-corrected chi connectivity index (χ2v) is 8.02. The van der Waals surface area contributed by atoms with Gasteiger partial charge in [-0.25, -0.2) is 9.78 Å². The van der Waals surface area contributed by atoms with Crippen LogP contribution in [0.15, 0.2) is 93.8 Å². The van der Waals surface area contributed by atoms with E-state index < -0.39 is 5.97 Å². The molecule has 0 saturated carbocycles. The van der Waals surface area contributed by atoms with E-state index in [-0.39, 0.29) is 0 Å². The van der Waals surface area contributed by atoms with Crippen molar-refractivity contribution in [1.29, 1.82) is 0 Å². The number of hydrogen-bond donors (Lipinski definition) is 1. The summed E-state index contributed by atoms with van der Waals surface area (Å²) in [6.07, 6.45) is 1.68. The van der Waals surface area contributed by atoms with Gasteiger partial charge in [0.15, 0.2) is 0 Å². The highest BCUT2D eigenvalue weighted by molar-refractivity contribution is 9.10. The Balaban J connectivity index is 1.34. The third-order valence-corrected chi connectivity index (χ3v) is 5.34. The van der Waals surface area contributed by atoms with Gasteiger partial charge in [0, 0.05) is 15.4 Å². The van der Waals surface area contributed by atoms with Crippen molar-refractivity contribution >= 4 is 44.6 Å². The molecule has 0 aliphatic carbocycles. The minimum absolute atomic E-state index is 0.405. The number of nitrogens with zero attached hydrogens (tertiary/aromatic N) is 2. The number of hydrazone groups is 1. The van der Waals surface area contributed by atoms with E-state index in [0.29, 0.717) is 16.4 Å². The first-order chi connectivity index (χ1) is 14.7. The van der Waals surface area contributed by atoms with Gasteiger partial charge in [0.1, 0.15) is 5.75 Å². The highest BCUT2D eigenvalue weighted by Gasteiger charge is 2.08. The number of halogens is 1. The Kier molecular flexibility index (Phi) is 6.32. The molecule has 0 bridgehead atoms. The average Bonchev–Trinajstić information content (AvgIpc) is 3.24. The molecule has 3 aromatic carbocycles. The number of aromatic nitrogens is 1. The predicted molar refractivity (Wildman–Crippen MR) is 124 cm³/mol. The van der Waals surface area contributed by atoms with Crippen molar-refractivity contribution in [2.45, 2.75) is 0 Å². The zero-order valence-electron chi connectivity index (χ0n) is 15.7. The first kappa shape index (κ1) is 20.0. The fourth-order valence-corrected chi connectivity index (χ4v) is 3.70. The molecule has 0 unspecified atom stereocenters. The van der Waals surface area contributed by atoms with Crippen molar-refractivity contribution in [3.63, 3.8) is 0 Å². The highest BCUT2D eigenvalue weighted by atomic mass is 79.9. The normalized spacial score (nSPS) is 10.8. The third kappa shape index (κ3) is 5.20. The Morgan fingerprint density at radius 1 is 1.03 bits per heavy atom. The summed E-state index contributed by atoms with van der Waals surface area (Å²) >= 11 is 4.84. The van der Waals surface area contributed by atoms with Crippen molar-refractivity contribution in [3.05, 3.63) is 99.8 Å². The first-order valence-corrected chi connectivity index (χ1v) is 10.7. The predicted octanol–water partition coefficient (Wildman–Crippen LogP) is 6.24. The summed E-state index contributed by atoms with van der Waals surface area (Å²) in [7, 11) is 0. The summed E-state index contributed by atoms with van der Waals surface area (Å²) in [4.78, 5) is 16.7. The molecule has 0 amide bonds. The van der Waals surface area contributed by atoms with E-state index in [2.05, 4.69) is 31.4 Å². The van der Waals surface area contributed by atoms with Crippen LogP contribution in [0.2, 0.25) is 0 Å². The SMILES string of the molecule is O=C(Oc1ccc(/C=N\Nc2nc(-c3ccccc3)cs2)cc1)c1cccc(Br)c1. The van der Waals surface area contributed by atoms with Gasteiger partial charge in [-0.1, -0.05) is 52.3 Å². The standard InChI is InChI=1S/C23H16BrN3O2S/c24-19-8-4-7-18(13-19)22(28)29-20-11-9-16(10-12-20)14-25-27-23-26-21(15-30-23)17-5-2-1-3-6-17/h1-15H,(H,26,27)/b25-14-. The molecule has 0 radical (unpaired) electrons. The topological polar surface area (TPSA) is 63.6 Å². The smallest absolute Gasteiger partial charge is 0.343 e. The maximum atomic E-state index is 12.2. The summed E-state index contributed by atoms with van der Waals surface area (Å²) in [6, 6.07) is 24.2. The molecule has 1 aromatic heterocycles. The molecule has 1 N–H and O–H groups in total. The molecule has 30 heavy (non-hydrogen) atoms. The molecular weight excluding hydrogens is 462 g/mol. The highest BCUT2D eigenvalue weighted by Crippen LogP contribution is 2.24. The first-order valence-electron chi connectivity index (χ1n) is 9.05. The van der Waals surface area contributed by atoms with E-state index in [0.717, 1.165) is 21.3 Å². The van der Waals surface area contributed by atoms with E-state index >= 15 is 0 Å². The van der Waals surface area contributed by atoms with Gasteiger partial charge in [0.2, 0.25) is 5.13 Å². The molecule has 148 valence electrons. The molecule has 5 nitrogen and oxygen atoms in total. The van der Waals surface area contributed by atoms with Gasteiger partial charge in [-0.3, -0.25) is 5.43 Å². The Morgan fingerprint density at radius 2 is 1.83 bits per heavy atom. The van der Waals surface area contributed by atoms with Gasteiger partial charge in [0.25, 0.3) is 0 Å². The molecule has 0 spiro atoms. The van der Waals surface area contributed by atoms with Gasteiger partial charge in [0.05, 0.1) is 17.5 Å². The lowest BCUT2D eigenvalue weighted by Crippen LogP contribution is -2.08. The lowest BCUT2D eigenvalue weighted by molar-refractivity contribution is 0.0734. The van der Waals surface area contributed by atoms with Crippen molar-refractivity contribution in [3.8, 4) is 17.0 Å². The number of carbonyl (C=O) groups excluding carboxylic acids is 1. The third-order valence-electron chi connectivity index (χ3n) is 4.10. The van der Waals surface area contributed by atoms with E-state index in [9.17, 15) is 4.79 Å². The number of ether oxygens (including phenoxy) is 1. The minimum Gasteiger partial charge on any atom is -0.423 e. The number of anilines is 1.